The lowest BCUT2D eigenvalue weighted by Crippen LogP contribution is -2.44. The topological polar surface area (TPSA) is 49.9 Å². The molecule has 2 aromatic rings. The van der Waals surface area contributed by atoms with Crippen LogP contribution in [0.1, 0.15) is 113 Å². The first kappa shape index (κ1) is 30.3. The monoisotopic (exact) mass is 546 g/mol. The summed E-state index contributed by atoms with van der Waals surface area (Å²) < 4.78 is 6.26. The average molecular weight is 547 g/mol. The Morgan fingerprint density at radius 2 is 1.27 bits per heavy atom. The molecule has 5 nitrogen and oxygen atoms in total. The molecule has 0 saturated carbocycles. The molecular weight excluding hydrogens is 496 g/mol. The zero-order valence-electron chi connectivity index (χ0n) is 26.1. The minimum absolute atomic E-state index is 0.133. The highest BCUT2D eigenvalue weighted by Crippen LogP contribution is 2.31. The molecule has 218 valence electrons. The number of carbonyl (C=O) groups excluding carboxylic acids is 2. The van der Waals surface area contributed by atoms with E-state index in [1.807, 2.05) is 37.5 Å². The Hall–Kier alpha value is -2.66. The second-order valence-corrected chi connectivity index (χ2v) is 13.8. The van der Waals surface area contributed by atoms with E-state index in [4.69, 9.17) is 4.74 Å². The Bertz CT molecular complexity index is 1230. The molecule has 0 atom stereocenters. The summed E-state index contributed by atoms with van der Waals surface area (Å²) in [5, 5.41) is 0. The van der Waals surface area contributed by atoms with Gasteiger partial charge >= 0.3 is 0 Å². The number of hydrogen-bond donors (Lipinski definition) is 0. The van der Waals surface area contributed by atoms with Crippen molar-refractivity contribution in [2.75, 3.05) is 19.7 Å². The molecule has 40 heavy (non-hydrogen) atoms. The van der Waals surface area contributed by atoms with Gasteiger partial charge < -0.3 is 14.5 Å². The van der Waals surface area contributed by atoms with E-state index >= 15 is 0 Å². The lowest BCUT2D eigenvalue weighted by Gasteiger charge is -2.36. The molecule has 4 rings (SSSR count). The van der Waals surface area contributed by atoms with Gasteiger partial charge in [-0.3, -0.25) is 9.59 Å². The predicted octanol–water partition coefficient (Wildman–Crippen LogP) is 7.00. The number of nitrogens with zero attached hydrogens (tertiary/aromatic N) is 2. The van der Waals surface area contributed by atoms with Gasteiger partial charge in [-0.1, -0.05) is 77.9 Å². The van der Waals surface area contributed by atoms with Crippen LogP contribution in [0.15, 0.2) is 36.4 Å². The number of ether oxygens (including phenoxy) is 1. The molecule has 0 saturated heterocycles. The number of rotatable bonds is 9. The molecule has 0 bridgehead atoms. The summed E-state index contributed by atoms with van der Waals surface area (Å²) in [4.78, 5) is 30.8. The van der Waals surface area contributed by atoms with E-state index in [2.05, 4.69) is 64.1 Å². The van der Waals surface area contributed by atoms with Gasteiger partial charge in [-0.05, 0) is 78.3 Å². The maximum Gasteiger partial charge on any atom is 0.228 e. The number of benzene rings is 2. The van der Waals surface area contributed by atoms with Crippen molar-refractivity contribution in [3.8, 4) is 0 Å². The smallest absolute Gasteiger partial charge is 0.228 e. The summed E-state index contributed by atoms with van der Waals surface area (Å²) in [5.41, 5.74) is 6.79. The second-order valence-electron chi connectivity index (χ2n) is 13.8. The van der Waals surface area contributed by atoms with Crippen molar-refractivity contribution in [1.29, 1.82) is 0 Å². The predicted molar refractivity (Wildman–Crippen MR) is 162 cm³/mol. The number of hydrogen-bond acceptors (Lipinski definition) is 3. The highest BCUT2D eigenvalue weighted by Gasteiger charge is 2.35. The van der Waals surface area contributed by atoms with Crippen molar-refractivity contribution in [2.45, 2.75) is 112 Å². The maximum atomic E-state index is 13.6. The minimum Gasteiger partial charge on any atom is -0.375 e. The molecule has 2 aromatic carbocycles. The van der Waals surface area contributed by atoms with Crippen LogP contribution in [-0.2, 0) is 40.3 Å². The van der Waals surface area contributed by atoms with Gasteiger partial charge in [0.1, 0.15) is 0 Å². The summed E-state index contributed by atoms with van der Waals surface area (Å²) in [6, 6.07) is 13.5. The Morgan fingerprint density at radius 1 is 0.775 bits per heavy atom. The van der Waals surface area contributed by atoms with E-state index in [-0.39, 0.29) is 11.8 Å². The Kier molecular flexibility index (Phi) is 9.14. The molecule has 5 heteroatoms. The normalized spacial score (nSPS) is 15.8. The average Bonchev–Trinajstić information content (AvgIpc) is 2.90. The standard InChI is InChI=1S/C35H50N2O3/c1-24(2)28-11-9-26-13-16-36(22-30(26)19-28)32(38)21-35(7,8)40-18-15-34(5,6)33(39)37-17-14-27-10-12-29(25(3)4)20-31(27)23-37/h9-12,19-20,24-25H,13-18,21-23H2,1-8H3. The molecule has 2 heterocycles. The van der Waals surface area contributed by atoms with Crippen LogP contribution in [-0.4, -0.2) is 46.9 Å². The van der Waals surface area contributed by atoms with Crippen molar-refractivity contribution in [1.82, 2.24) is 9.80 Å². The first-order valence-corrected chi connectivity index (χ1v) is 15.2. The zero-order chi connectivity index (χ0) is 29.2. The van der Waals surface area contributed by atoms with Crippen LogP contribution in [0.4, 0.5) is 0 Å². The van der Waals surface area contributed by atoms with E-state index in [1.165, 1.54) is 33.4 Å². The molecule has 0 aromatic heterocycles. The molecule has 2 aliphatic heterocycles. The fourth-order valence-electron chi connectivity index (χ4n) is 5.90. The van der Waals surface area contributed by atoms with Gasteiger partial charge in [-0.2, -0.15) is 0 Å². The van der Waals surface area contributed by atoms with Gasteiger partial charge in [0.2, 0.25) is 11.8 Å². The number of fused-ring (bicyclic) bond motifs is 2. The van der Waals surface area contributed by atoms with Gasteiger partial charge in [-0.15, -0.1) is 0 Å². The fourth-order valence-corrected chi connectivity index (χ4v) is 5.90. The van der Waals surface area contributed by atoms with Crippen molar-refractivity contribution in [3.63, 3.8) is 0 Å². The molecular formula is C35H50N2O3. The SMILES string of the molecule is CC(C)c1ccc2c(c1)CN(C(=O)CC(C)(C)OCCC(C)(C)C(=O)N1CCc3ccc(C(C)C)cc3C1)CC2. The minimum atomic E-state index is -0.590. The molecule has 0 radical (unpaired) electrons. The maximum absolute atomic E-state index is 13.6. The van der Waals surface area contributed by atoms with E-state index in [1.54, 1.807) is 0 Å². The Balaban J connectivity index is 1.29. The van der Waals surface area contributed by atoms with Crippen LogP contribution in [0.5, 0.6) is 0 Å². The van der Waals surface area contributed by atoms with Crippen molar-refractivity contribution in [3.05, 3.63) is 69.8 Å². The second kappa shape index (κ2) is 12.1. The van der Waals surface area contributed by atoms with Crippen LogP contribution in [0, 0.1) is 5.41 Å². The Labute approximate surface area is 242 Å². The molecule has 0 spiro atoms. The molecule has 2 aliphatic rings. The Morgan fingerprint density at radius 3 is 1.80 bits per heavy atom. The van der Waals surface area contributed by atoms with E-state index in [0.717, 1.165) is 25.9 Å². The van der Waals surface area contributed by atoms with Crippen LogP contribution in [0.25, 0.3) is 0 Å². The molecule has 0 aliphatic carbocycles. The van der Waals surface area contributed by atoms with Crippen molar-refractivity contribution >= 4 is 11.8 Å². The summed E-state index contributed by atoms with van der Waals surface area (Å²) in [6.45, 7) is 20.1. The zero-order valence-corrected chi connectivity index (χ0v) is 26.1. The van der Waals surface area contributed by atoms with E-state index in [9.17, 15) is 9.59 Å². The lowest BCUT2D eigenvalue weighted by molar-refractivity contribution is -0.145. The van der Waals surface area contributed by atoms with E-state index in [0.29, 0.717) is 44.4 Å². The van der Waals surface area contributed by atoms with Crippen molar-refractivity contribution < 1.29 is 14.3 Å². The first-order chi connectivity index (χ1) is 18.8. The highest BCUT2D eigenvalue weighted by atomic mass is 16.5. The molecule has 0 N–H and O–H groups in total. The van der Waals surface area contributed by atoms with Crippen LogP contribution >= 0.6 is 0 Å². The summed E-state index contributed by atoms with van der Waals surface area (Å²) in [7, 11) is 0. The van der Waals surface area contributed by atoms with Gasteiger partial charge in [0.15, 0.2) is 0 Å². The molecule has 0 unspecified atom stereocenters. The largest absolute Gasteiger partial charge is 0.375 e. The molecule has 0 fully saturated rings. The van der Waals surface area contributed by atoms with Gasteiger partial charge in [0.25, 0.3) is 0 Å². The highest BCUT2D eigenvalue weighted by molar-refractivity contribution is 5.82. The lowest BCUT2D eigenvalue weighted by atomic mass is 9.86. The third kappa shape index (κ3) is 7.15. The third-order valence-corrected chi connectivity index (χ3v) is 8.83. The first-order valence-electron chi connectivity index (χ1n) is 15.2. The van der Waals surface area contributed by atoms with Crippen molar-refractivity contribution in [2.24, 2.45) is 5.41 Å². The van der Waals surface area contributed by atoms with Crippen LogP contribution in [0.2, 0.25) is 0 Å². The van der Waals surface area contributed by atoms with Gasteiger partial charge in [0, 0.05) is 38.2 Å². The summed E-state index contributed by atoms with van der Waals surface area (Å²) in [6.07, 6.45) is 2.76. The number of carbonyl (C=O) groups is 2. The van der Waals surface area contributed by atoms with Gasteiger partial charge in [0.05, 0.1) is 12.0 Å². The van der Waals surface area contributed by atoms with Gasteiger partial charge in [-0.25, -0.2) is 0 Å². The third-order valence-electron chi connectivity index (χ3n) is 8.83. The van der Waals surface area contributed by atoms with Crippen LogP contribution < -0.4 is 0 Å². The van der Waals surface area contributed by atoms with Crippen LogP contribution in [0.3, 0.4) is 0 Å². The number of amides is 2. The fraction of sp³-hybridized carbons (Fsp3) is 0.600. The summed E-state index contributed by atoms with van der Waals surface area (Å²) in [5.74, 6) is 1.26. The quantitative estimate of drug-likeness (QED) is 0.340. The molecule has 2 amide bonds. The van der Waals surface area contributed by atoms with E-state index < -0.39 is 11.0 Å². The summed E-state index contributed by atoms with van der Waals surface area (Å²) >= 11 is 0.